The van der Waals surface area contributed by atoms with Crippen LogP contribution in [0.2, 0.25) is 10.3 Å². The highest BCUT2D eigenvalue weighted by molar-refractivity contribution is 9.10. The Morgan fingerprint density at radius 2 is 1.86 bits per heavy atom. The fourth-order valence-corrected chi connectivity index (χ4v) is 3.95. The quantitative estimate of drug-likeness (QED) is 0.582. The number of benzene rings is 1. The van der Waals surface area contributed by atoms with E-state index in [4.69, 9.17) is 23.2 Å². The number of nitrogens with zero attached hydrogens (tertiary/aromatic N) is 2. The summed E-state index contributed by atoms with van der Waals surface area (Å²) in [6, 6.07) is 7.82. The zero-order valence-corrected chi connectivity index (χ0v) is 14.7. The Morgan fingerprint density at radius 3 is 2.43 bits per heavy atom. The van der Waals surface area contributed by atoms with Gasteiger partial charge in [0.2, 0.25) is 0 Å². The number of halogens is 3. The smallest absolute Gasteiger partial charge is 0.142 e. The minimum Gasteiger partial charge on any atom is -0.220 e. The maximum atomic E-state index is 6.39. The zero-order valence-electron chi connectivity index (χ0n) is 11.6. The SMILES string of the molecule is CC1CCC(c2nc(Cl)c(-c3cccc(Br)c3)c(Cl)n2)C1. The van der Waals surface area contributed by atoms with E-state index < -0.39 is 0 Å². The van der Waals surface area contributed by atoms with Gasteiger partial charge in [-0.1, -0.05) is 58.2 Å². The van der Waals surface area contributed by atoms with E-state index in [1.807, 2.05) is 24.3 Å². The molecule has 3 rings (SSSR count). The Morgan fingerprint density at radius 1 is 1.14 bits per heavy atom. The molecule has 1 aromatic carbocycles. The molecule has 0 radical (unpaired) electrons. The molecule has 1 aliphatic rings. The maximum Gasteiger partial charge on any atom is 0.142 e. The van der Waals surface area contributed by atoms with Gasteiger partial charge >= 0.3 is 0 Å². The fourth-order valence-electron chi connectivity index (χ4n) is 2.93. The maximum absolute atomic E-state index is 6.39. The topological polar surface area (TPSA) is 25.8 Å². The molecule has 5 heteroatoms. The van der Waals surface area contributed by atoms with E-state index in [0.717, 1.165) is 34.6 Å². The molecule has 0 amide bonds. The lowest BCUT2D eigenvalue weighted by molar-refractivity contribution is 0.585. The molecule has 110 valence electrons. The molecular weight excluding hydrogens is 371 g/mol. The fraction of sp³-hybridized carbons (Fsp3) is 0.375. The third kappa shape index (κ3) is 3.25. The summed E-state index contributed by atoms with van der Waals surface area (Å²) in [4.78, 5) is 9.02. The standard InChI is InChI=1S/C16H15BrCl2N2/c1-9-5-6-11(7-9)16-20-14(18)13(15(19)21-16)10-3-2-4-12(17)8-10/h2-4,8-9,11H,5-7H2,1H3. The van der Waals surface area contributed by atoms with Gasteiger partial charge in [-0.05, 0) is 42.9 Å². The third-order valence-corrected chi connectivity index (χ3v) is 5.05. The summed E-state index contributed by atoms with van der Waals surface area (Å²) in [6.07, 6.45) is 3.45. The first-order chi connectivity index (χ1) is 10.0. The molecule has 0 bridgehead atoms. The number of aromatic nitrogens is 2. The van der Waals surface area contributed by atoms with Crippen LogP contribution in [-0.2, 0) is 0 Å². The molecule has 0 saturated heterocycles. The van der Waals surface area contributed by atoms with Gasteiger partial charge in [-0.2, -0.15) is 0 Å². The van der Waals surface area contributed by atoms with E-state index in [1.54, 1.807) is 0 Å². The van der Waals surface area contributed by atoms with Crippen LogP contribution in [0.3, 0.4) is 0 Å². The van der Waals surface area contributed by atoms with E-state index in [2.05, 4.69) is 32.8 Å². The van der Waals surface area contributed by atoms with Gasteiger partial charge in [0.05, 0.1) is 5.56 Å². The molecule has 0 spiro atoms. The van der Waals surface area contributed by atoms with E-state index >= 15 is 0 Å². The van der Waals surface area contributed by atoms with Crippen LogP contribution >= 0.6 is 39.1 Å². The van der Waals surface area contributed by atoms with Crippen LogP contribution in [0.25, 0.3) is 11.1 Å². The van der Waals surface area contributed by atoms with Crippen LogP contribution < -0.4 is 0 Å². The Balaban J connectivity index is 2.00. The first kappa shape index (κ1) is 15.3. The van der Waals surface area contributed by atoms with Crippen LogP contribution in [0.4, 0.5) is 0 Å². The molecule has 1 fully saturated rings. The summed E-state index contributed by atoms with van der Waals surface area (Å²) in [5, 5.41) is 0.866. The molecule has 1 heterocycles. The number of hydrogen-bond donors (Lipinski definition) is 0. The van der Waals surface area contributed by atoms with Crippen molar-refractivity contribution in [2.45, 2.75) is 32.1 Å². The summed E-state index contributed by atoms with van der Waals surface area (Å²) >= 11 is 16.2. The van der Waals surface area contributed by atoms with Crippen molar-refractivity contribution in [1.29, 1.82) is 0 Å². The molecule has 0 N–H and O–H groups in total. The summed E-state index contributed by atoms with van der Waals surface area (Å²) in [5.41, 5.74) is 1.63. The highest BCUT2D eigenvalue weighted by Gasteiger charge is 2.26. The summed E-state index contributed by atoms with van der Waals surface area (Å²) in [7, 11) is 0. The van der Waals surface area contributed by atoms with Crippen molar-refractivity contribution < 1.29 is 0 Å². The van der Waals surface area contributed by atoms with Gasteiger partial charge in [-0.3, -0.25) is 0 Å². The third-order valence-electron chi connectivity index (χ3n) is 4.01. The Hall–Kier alpha value is -0.640. The van der Waals surface area contributed by atoms with Crippen molar-refractivity contribution in [3.8, 4) is 11.1 Å². The van der Waals surface area contributed by atoms with Crippen LogP contribution in [0.15, 0.2) is 28.7 Å². The Labute approximate surface area is 143 Å². The minimum absolute atomic E-state index is 0.381. The van der Waals surface area contributed by atoms with Crippen molar-refractivity contribution in [2.75, 3.05) is 0 Å². The number of rotatable bonds is 2. The van der Waals surface area contributed by atoms with Gasteiger partial charge in [-0.25, -0.2) is 9.97 Å². The normalized spacial score (nSPS) is 21.7. The van der Waals surface area contributed by atoms with Gasteiger partial charge in [-0.15, -0.1) is 0 Å². The lowest BCUT2D eigenvalue weighted by Gasteiger charge is -2.12. The molecule has 0 aliphatic heterocycles. The number of hydrogen-bond acceptors (Lipinski definition) is 2. The first-order valence-corrected chi connectivity index (χ1v) is 8.58. The predicted octanol–water partition coefficient (Wildman–Crippen LogP) is 6.12. The second kappa shape index (κ2) is 6.23. The van der Waals surface area contributed by atoms with Crippen molar-refractivity contribution >= 4 is 39.1 Å². The van der Waals surface area contributed by atoms with Gasteiger partial charge < -0.3 is 0 Å². The average Bonchev–Trinajstić information content (AvgIpc) is 2.85. The second-order valence-corrected chi connectivity index (χ2v) is 7.30. The molecule has 2 nitrogen and oxygen atoms in total. The van der Waals surface area contributed by atoms with Gasteiger partial charge in [0.1, 0.15) is 16.1 Å². The monoisotopic (exact) mass is 384 g/mol. The Kier molecular flexibility index (Phi) is 4.53. The van der Waals surface area contributed by atoms with Gasteiger partial charge in [0.15, 0.2) is 0 Å². The molecule has 2 atom stereocenters. The zero-order chi connectivity index (χ0) is 15.0. The summed E-state index contributed by atoms with van der Waals surface area (Å²) < 4.78 is 0.973. The lowest BCUT2D eigenvalue weighted by atomic mass is 10.0. The molecule has 21 heavy (non-hydrogen) atoms. The largest absolute Gasteiger partial charge is 0.220 e. The van der Waals surface area contributed by atoms with E-state index in [1.165, 1.54) is 6.42 Å². The minimum atomic E-state index is 0.381. The molecule has 1 aromatic heterocycles. The summed E-state index contributed by atoms with van der Waals surface area (Å²) in [5.74, 6) is 1.89. The van der Waals surface area contributed by atoms with Crippen LogP contribution in [-0.4, -0.2) is 9.97 Å². The van der Waals surface area contributed by atoms with E-state index in [0.29, 0.717) is 21.8 Å². The van der Waals surface area contributed by atoms with E-state index in [9.17, 15) is 0 Å². The van der Waals surface area contributed by atoms with Gasteiger partial charge in [0.25, 0.3) is 0 Å². The highest BCUT2D eigenvalue weighted by Crippen LogP contribution is 2.40. The highest BCUT2D eigenvalue weighted by atomic mass is 79.9. The van der Waals surface area contributed by atoms with Crippen molar-refractivity contribution in [2.24, 2.45) is 5.92 Å². The second-order valence-electron chi connectivity index (χ2n) is 5.66. The molecular formula is C16H15BrCl2N2. The average molecular weight is 386 g/mol. The van der Waals surface area contributed by atoms with Crippen molar-refractivity contribution in [1.82, 2.24) is 9.97 Å². The van der Waals surface area contributed by atoms with Crippen LogP contribution in [0, 0.1) is 5.92 Å². The Bertz CT molecular complexity index is 652. The van der Waals surface area contributed by atoms with E-state index in [-0.39, 0.29) is 0 Å². The molecule has 2 unspecified atom stereocenters. The molecule has 2 aromatic rings. The molecule has 1 aliphatic carbocycles. The van der Waals surface area contributed by atoms with Crippen LogP contribution in [0.1, 0.15) is 37.9 Å². The van der Waals surface area contributed by atoms with Crippen LogP contribution in [0.5, 0.6) is 0 Å². The first-order valence-electron chi connectivity index (χ1n) is 7.03. The molecule has 1 saturated carbocycles. The van der Waals surface area contributed by atoms with Crippen molar-refractivity contribution in [3.05, 3.63) is 44.9 Å². The van der Waals surface area contributed by atoms with Crippen molar-refractivity contribution in [3.63, 3.8) is 0 Å². The predicted molar refractivity (Wildman–Crippen MR) is 90.9 cm³/mol. The van der Waals surface area contributed by atoms with Gasteiger partial charge in [0, 0.05) is 10.4 Å². The summed E-state index contributed by atoms with van der Waals surface area (Å²) in [6.45, 7) is 2.26. The lowest BCUT2D eigenvalue weighted by Crippen LogP contribution is -2.03.